The number of rotatable bonds is 5. The molecule has 21 heavy (non-hydrogen) atoms. The zero-order valence-corrected chi connectivity index (χ0v) is 13.5. The van der Waals surface area contributed by atoms with Crippen LogP contribution in [0.2, 0.25) is 0 Å². The fraction of sp³-hybridized carbons (Fsp3) is 0.875. The predicted molar refractivity (Wildman–Crippen MR) is 83.9 cm³/mol. The summed E-state index contributed by atoms with van der Waals surface area (Å²) in [6, 6.07) is 0. The normalized spacial score (nSPS) is 28.9. The summed E-state index contributed by atoms with van der Waals surface area (Å²) in [6.45, 7) is 1.16. The molecule has 0 unspecified atom stereocenters. The SMILES string of the molecule is NCC1(C(=O)NC[C@H]2CC[C@H](C(=O)Cl)CC2)CCCCC1. The molecule has 2 saturated carbocycles. The molecule has 5 heteroatoms. The van der Waals surface area contributed by atoms with Crippen molar-refractivity contribution < 1.29 is 9.59 Å². The first-order valence-corrected chi connectivity index (χ1v) is 8.63. The van der Waals surface area contributed by atoms with Crippen LogP contribution in [0, 0.1) is 17.3 Å². The van der Waals surface area contributed by atoms with Gasteiger partial charge in [-0.25, -0.2) is 0 Å². The lowest BCUT2D eigenvalue weighted by molar-refractivity contribution is -0.132. The summed E-state index contributed by atoms with van der Waals surface area (Å²) in [5, 5.41) is 2.91. The molecule has 0 atom stereocenters. The summed E-state index contributed by atoms with van der Waals surface area (Å²) < 4.78 is 0. The van der Waals surface area contributed by atoms with Crippen LogP contribution in [-0.2, 0) is 9.59 Å². The molecule has 3 N–H and O–H groups in total. The van der Waals surface area contributed by atoms with Crippen molar-refractivity contribution in [3.05, 3.63) is 0 Å². The molecule has 1 amide bonds. The highest BCUT2D eigenvalue weighted by molar-refractivity contribution is 6.63. The van der Waals surface area contributed by atoms with Crippen molar-refractivity contribution in [2.24, 2.45) is 23.0 Å². The van der Waals surface area contributed by atoms with Gasteiger partial charge in [0.15, 0.2) is 0 Å². The van der Waals surface area contributed by atoms with Crippen molar-refractivity contribution in [2.45, 2.75) is 57.8 Å². The van der Waals surface area contributed by atoms with Crippen molar-refractivity contribution >= 4 is 22.8 Å². The minimum Gasteiger partial charge on any atom is -0.355 e. The average molecular weight is 315 g/mol. The minimum absolute atomic E-state index is 0.0207. The van der Waals surface area contributed by atoms with E-state index >= 15 is 0 Å². The van der Waals surface area contributed by atoms with E-state index in [0.29, 0.717) is 19.0 Å². The lowest BCUT2D eigenvalue weighted by atomic mass is 9.73. The van der Waals surface area contributed by atoms with Gasteiger partial charge in [0, 0.05) is 19.0 Å². The number of hydrogen-bond acceptors (Lipinski definition) is 3. The molecule has 2 aliphatic carbocycles. The van der Waals surface area contributed by atoms with Crippen LogP contribution in [0.3, 0.4) is 0 Å². The molecule has 2 rings (SSSR count). The van der Waals surface area contributed by atoms with Crippen LogP contribution in [0.1, 0.15) is 57.8 Å². The molecule has 0 spiro atoms. The molecule has 2 fully saturated rings. The number of carbonyl (C=O) groups excluding carboxylic acids is 2. The molecule has 0 aliphatic heterocycles. The average Bonchev–Trinajstić information content (AvgIpc) is 2.53. The molecule has 4 nitrogen and oxygen atoms in total. The fourth-order valence-corrected chi connectivity index (χ4v) is 3.99. The van der Waals surface area contributed by atoms with Crippen LogP contribution in [0.15, 0.2) is 0 Å². The summed E-state index contributed by atoms with van der Waals surface area (Å²) in [6.07, 6.45) is 8.91. The first kappa shape index (κ1) is 16.8. The first-order chi connectivity index (χ1) is 10.1. The van der Waals surface area contributed by atoms with Gasteiger partial charge in [0.05, 0.1) is 5.41 Å². The van der Waals surface area contributed by atoms with Gasteiger partial charge in [-0.15, -0.1) is 0 Å². The standard InChI is InChI=1S/C16H27ClN2O2/c17-14(20)13-6-4-12(5-7-13)10-19-15(21)16(11-18)8-2-1-3-9-16/h12-13H,1-11,18H2,(H,19,21)/t12-,13-. The molecule has 120 valence electrons. The van der Waals surface area contributed by atoms with Crippen molar-refractivity contribution in [3.8, 4) is 0 Å². The molecular weight excluding hydrogens is 288 g/mol. The van der Waals surface area contributed by atoms with E-state index in [4.69, 9.17) is 17.3 Å². The van der Waals surface area contributed by atoms with E-state index in [1.165, 1.54) is 6.42 Å². The van der Waals surface area contributed by atoms with Gasteiger partial charge in [0.1, 0.15) is 0 Å². The third-order valence-electron chi connectivity index (χ3n) is 5.40. The molecule has 0 aromatic heterocycles. The molecule has 0 radical (unpaired) electrons. The highest BCUT2D eigenvalue weighted by Crippen LogP contribution is 2.36. The summed E-state index contributed by atoms with van der Waals surface area (Å²) in [5.74, 6) is 0.632. The highest BCUT2D eigenvalue weighted by atomic mass is 35.5. The summed E-state index contributed by atoms with van der Waals surface area (Å²) in [4.78, 5) is 23.6. The molecule has 0 heterocycles. The van der Waals surface area contributed by atoms with Crippen LogP contribution in [0.4, 0.5) is 0 Å². The number of nitrogens with two attached hydrogens (primary N) is 1. The second-order valence-electron chi connectivity index (χ2n) is 6.78. The van der Waals surface area contributed by atoms with Gasteiger partial charge in [0.2, 0.25) is 11.1 Å². The Bertz CT molecular complexity index is 372. The van der Waals surface area contributed by atoms with Gasteiger partial charge < -0.3 is 11.1 Å². The zero-order valence-electron chi connectivity index (χ0n) is 12.7. The van der Waals surface area contributed by atoms with Gasteiger partial charge in [0.25, 0.3) is 0 Å². The lowest BCUT2D eigenvalue weighted by Crippen LogP contribution is -2.48. The number of amides is 1. The third kappa shape index (κ3) is 4.19. The summed E-state index contributed by atoms with van der Waals surface area (Å²) >= 11 is 5.55. The van der Waals surface area contributed by atoms with Crippen LogP contribution in [0.5, 0.6) is 0 Å². The van der Waals surface area contributed by atoms with E-state index in [0.717, 1.165) is 51.4 Å². The van der Waals surface area contributed by atoms with E-state index in [1.54, 1.807) is 0 Å². The second-order valence-corrected chi connectivity index (χ2v) is 7.15. The molecular formula is C16H27ClN2O2. The highest BCUT2D eigenvalue weighted by Gasteiger charge is 2.38. The van der Waals surface area contributed by atoms with E-state index in [2.05, 4.69) is 5.32 Å². The Balaban J connectivity index is 1.77. The van der Waals surface area contributed by atoms with Gasteiger partial charge in [-0.3, -0.25) is 9.59 Å². The Morgan fingerprint density at radius 2 is 1.71 bits per heavy atom. The van der Waals surface area contributed by atoms with Crippen LogP contribution < -0.4 is 11.1 Å². The van der Waals surface area contributed by atoms with Crippen molar-refractivity contribution in [1.82, 2.24) is 5.32 Å². The maximum Gasteiger partial charge on any atom is 0.227 e. The number of halogens is 1. The monoisotopic (exact) mass is 314 g/mol. The molecule has 0 saturated heterocycles. The summed E-state index contributed by atoms with van der Waals surface area (Å²) in [7, 11) is 0. The minimum atomic E-state index is -0.332. The molecule has 0 aromatic rings. The Kier molecular flexibility index (Phi) is 6.06. The smallest absolute Gasteiger partial charge is 0.227 e. The number of carbonyl (C=O) groups is 2. The predicted octanol–water partition coefficient (Wildman–Crippen LogP) is 2.58. The van der Waals surface area contributed by atoms with Gasteiger partial charge in [-0.2, -0.15) is 0 Å². The molecule has 0 aromatic carbocycles. The number of nitrogens with one attached hydrogen (secondary N) is 1. The molecule has 2 aliphatic rings. The van der Waals surface area contributed by atoms with Gasteiger partial charge in [-0.05, 0) is 56.0 Å². The van der Waals surface area contributed by atoms with Crippen molar-refractivity contribution in [2.75, 3.05) is 13.1 Å². The van der Waals surface area contributed by atoms with E-state index < -0.39 is 0 Å². The Labute approximate surface area is 132 Å². The van der Waals surface area contributed by atoms with E-state index in [-0.39, 0.29) is 22.5 Å². The topological polar surface area (TPSA) is 72.2 Å². The van der Waals surface area contributed by atoms with Crippen LogP contribution >= 0.6 is 11.6 Å². The fourth-order valence-electron chi connectivity index (χ4n) is 3.77. The van der Waals surface area contributed by atoms with E-state index in [9.17, 15) is 9.59 Å². The maximum absolute atomic E-state index is 12.5. The zero-order chi connectivity index (χ0) is 15.3. The first-order valence-electron chi connectivity index (χ1n) is 8.25. The van der Waals surface area contributed by atoms with E-state index in [1.807, 2.05) is 0 Å². The third-order valence-corrected chi connectivity index (χ3v) is 5.71. The lowest BCUT2D eigenvalue weighted by Gasteiger charge is -2.35. The Morgan fingerprint density at radius 3 is 2.24 bits per heavy atom. The van der Waals surface area contributed by atoms with Gasteiger partial charge in [-0.1, -0.05) is 19.3 Å². The summed E-state index contributed by atoms with van der Waals surface area (Å²) in [5.41, 5.74) is 5.55. The van der Waals surface area contributed by atoms with Crippen LogP contribution in [-0.4, -0.2) is 24.2 Å². The van der Waals surface area contributed by atoms with Crippen LogP contribution in [0.25, 0.3) is 0 Å². The number of hydrogen-bond donors (Lipinski definition) is 2. The Hall–Kier alpha value is -0.610. The second kappa shape index (κ2) is 7.59. The Morgan fingerprint density at radius 1 is 1.10 bits per heavy atom. The van der Waals surface area contributed by atoms with Gasteiger partial charge >= 0.3 is 0 Å². The van der Waals surface area contributed by atoms with Crippen molar-refractivity contribution in [3.63, 3.8) is 0 Å². The quantitative estimate of drug-likeness (QED) is 0.766. The largest absolute Gasteiger partial charge is 0.355 e. The molecule has 0 bridgehead atoms. The maximum atomic E-state index is 12.5. The van der Waals surface area contributed by atoms with Crippen molar-refractivity contribution in [1.29, 1.82) is 0 Å².